The molecule has 0 saturated heterocycles. The summed E-state index contributed by atoms with van der Waals surface area (Å²) >= 11 is 1.30. The first-order valence-electron chi connectivity index (χ1n) is 7.69. The third kappa shape index (κ3) is 5.57. The minimum atomic E-state index is -5.09. The molecule has 0 amide bonds. The van der Waals surface area contributed by atoms with Gasteiger partial charge in [-0.15, -0.1) is 0 Å². The number of phosphoric ester groups is 1. The molecule has 1 aliphatic rings. The number of fused-ring (bicyclic) bond motifs is 1. The van der Waals surface area contributed by atoms with E-state index in [2.05, 4.69) is 8.90 Å². The molecule has 29 heavy (non-hydrogen) atoms. The minimum Gasteiger partial charge on any atom is -0.780 e. The van der Waals surface area contributed by atoms with Gasteiger partial charge in [-0.2, -0.15) is 4.37 Å². The van der Waals surface area contributed by atoms with Crippen molar-refractivity contribution in [2.75, 3.05) is 13.9 Å². The van der Waals surface area contributed by atoms with Gasteiger partial charge in [0.1, 0.15) is 13.6 Å². The van der Waals surface area contributed by atoms with Crippen LogP contribution < -0.4 is 87.6 Å². The molecule has 1 aliphatic heterocycles. The summed E-state index contributed by atoms with van der Waals surface area (Å²) in [5, 5.41) is 0. The van der Waals surface area contributed by atoms with E-state index in [4.69, 9.17) is 14.2 Å². The smallest absolute Gasteiger partial charge is 0.780 e. The van der Waals surface area contributed by atoms with Crippen molar-refractivity contribution >= 4 is 19.4 Å². The molecule has 1 aromatic heterocycles. The van der Waals surface area contributed by atoms with Gasteiger partial charge in [0, 0.05) is 17.3 Å². The average molecular weight is 451 g/mol. The Labute approximate surface area is 215 Å². The Morgan fingerprint density at radius 1 is 1.10 bits per heavy atom. The van der Waals surface area contributed by atoms with Crippen LogP contribution in [0.5, 0.6) is 23.0 Å². The van der Waals surface area contributed by atoms with E-state index in [1.165, 1.54) is 23.7 Å². The zero-order valence-corrected chi connectivity index (χ0v) is 21.6. The monoisotopic (exact) mass is 451 g/mol. The van der Waals surface area contributed by atoms with Gasteiger partial charge >= 0.3 is 59.1 Å². The van der Waals surface area contributed by atoms with Crippen LogP contribution in [0.1, 0.15) is 0 Å². The van der Waals surface area contributed by atoms with Crippen LogP contribution in [0.15, 0.2) is 42.6 Å². The van der Waals surface area contributed by atoms with Gasteiger partial charge in [-0.25, -0.2) is 0 Å². The normalized spacial score (nSPS) is 12.0. The molecule has 0 atom stereocenters. The predicted octanol–water partition coefficient (Wildman–Crippen LogP) is -3.57. The summed E-state index contributed by atoms with van der Waals surface area (Å²) in [6.45, 7) is 0.134. The van der Waals surface area contributed by atoms with Crippen molar-refractivity contribution in [3.05, 3.63) is 42.6 Å². The van der Waals surface area contributed by atoms with Crippen LogP contribution in [0, 0.1) is 0 Å². The molecule has 2 aromatic carbocycles. The topological polar surface area (TPSA) is 113 Å². The fourth-order valence-corrected chi connectivity index (χ4v) is 3.87. The maximum atomic E-state index is 10.7. The van der Waals surface area contributed by atoms with Crippen molar-refractivity contribution < 1.29 is 92.2 Å². The van der Waals surface area contributed by atoms with E-state index in [1.807, 2.05) is 12.1 Å². The first-order valence-corrected chi connectivity index (χ1v) is 9.93. The summed E-state index contributed by atoms with van der Waals surface area (Å²) < 4.78 is 35.6. The predicted molar refractivity (Wildman–Crippen MR) is 93.9 cm³/mol. The number of benzene rings is 2. The van der Waals surface area contributed by atoms with Gasteiger partial charge in [0.05, 0.1) is 12.0 Å². The molecule has 0 aliphatic carbocycles. The van der Waals surface area contributed by atoms with E-state index in [9.17, 15) is 14.4 Å². The molecule has 0 spiro atoms. The van der Waals surface area contributed by atoms with Crippen molar-refractivity contribution in [3.63, 3.8) is 0 Å². The van der Waals surface area contributed by atoms with Crippen LogP contribution in [0.2, 0.25) is 0 Å². The van der Waals surface area contributed by atoms with Crippen molar-refractivity contribution in [2.45, 2.75) is 0 Å². The molecule has 4 rings (SSSR count). The summed E-state index contributed by atoms with van der Waals surface area (Å²) in [5.41, 5.74) is 2.46. The largest absolute Gasteiger partial charge is 1.00 e. The number of nitrogens with zero attached hydrogens (tertiary/aromatic N) is 1. The minimum absolute atomic E-state index is 0. The SMILES string of the molecule is COc1cc(-c2sncc2-c2ccc(OP(=O)([O-])[O-])cc2)cc2c1OCO2.[Na+].[Na+]. The zero-order valence-electron chi connectivity index (χ0n) is 15.9. The Bertz CT molecular complexity index is 1040. The van der Waals surface area contributed by atoms with E-state index in [0.29, 0.717) is 17.2 Å². The third-order valence-electron chi connectivity index (χ3n) is 3.87. The summed E-state index contributed by atoms with van der Waals surface area (Å²) in [7, 11) is -3.53. The molecule has 2 heterocycles. The molecular weight excluding hydrogens is 439 g/mol. The Kier molecular flexibility index (Phi) is 8.64. The summed E-state index contributed by atoms with van der Waals surface area (Å²) in [4.78, 5) is 22.3. The quantitative estimate of drug-likeness (QED) is 0.289. The zero-order chi connectivity index (χ0) is 19.0. The van der Waals surface area contributed by atoms with E-state index >= 15 is 0 Å². The van der Waals surface area contributed by atoms with E-state index < -0.39 is 7.82 Å². The number of rotatable bonds is 5. The van der Waals surface area contributed by atoms with E-state index in [0.717, 1.165) is 21.6 Å². The maximum Gasteiger partial charge on any atom is 1.00 e. The van der Waals surface area contributed by atoms with Crippen molar-refractivity contribution in [1.82, 2.24) is 4.37 Å². The molecule has 140 valence electrons. The second kappa shape index (κ2) is 10.2. The Hall–Kier alpha value is -0.580. The molecule has 0 radical (unpaired) electrons. The van der Waals surface area contributed by atoms with Crippen LogP contribution in [0.25, 0.3) is 21.6 Å². The Balaban J connectivity index is 0.00000150. The van der Waals surface area contributed by atoms with E-state index in [-0.39, 0.29) is 71.7 Å². The second-order valence-electron chi connectivity index (χ2n) is 5.54. The fourth-order valence-electron chi connectivity index (χ4n) is 2.74. The van der Waals surface area contributed by atoms with Crippen LogP contribution in [-0.2, 0) is 4.57 Å². The molecule has 0 fully saturated rings. The fraction of sp³-hybridized carbons (Fsp3) is 0.118. The summed E-state index contributed by atoms with van der Waals surface area (Å²) in [5.74, 6) is 1.67. The van der Waals surface area contributed by atoms with Gasteiger partial charge in [0.2, 0.25) is 12.5 Å². The average Bonchev–Trinajstić information content (AvgIpc) is 3.29. The summed E-state index contributed by atoms with van der Waals surface area (Å²) in [6.07, 6.45) is 1.71. The van der Waals surface area contributed by atoms with Gasteiger partial charge in [-0.3, -0.25) is 0 Å². The first-order chi connectivity index (χ1) is 12.9. The number of ether oxygens (including phenoxy) is 3. The van der Waals surface area contributed by atoms with Crippen molar-refractivity contribution in [2.24, 2.45) is 0 Å². The molecule has 8 nitrogen and oxygen atoms in total. The van der Waals surface area contributed by atoms with Gasteiger partial charge < -0.3 is 33.1 Å². The molecule has 12 heteroatoms. The maximum absolute atomic E-state index is 10.7. The van der Waals surface area contributed by atoms with Gasteiger partial charge in [-0.05, 0) is 41.4 Å². The number of hydrogen-bond donors (Lipinski definition) is 0. The third-order valence-corrected chi connectivity index (χ3v) is 5.16. The van der Waals surface area contributed by atoms with Crippen molar-refractivity contribution in [3.8, 4) is 44.6 Å². The van der Waals surface area contributed by atoms with Crippen LogP contribution in [0.4, 0.5) is 0 Å². The number of methoxy groups -OCH3 is 1. The second-order valence-corrected chi connectivity index (χ2v) is 7.42. The van der Waals surface area contributed by atoms with E-state index in [1.54, 1.807) is 25.4 Å². The Morgan fingerprint density at radius 3 is 2.48 bits per heavy atom. The van der Waals surface area contributed by atoms with Gasteiger partial charge in [0.15, 0.2) is 11.5 Å². The van der Waals surface area contributed by atoms with Crippen LogP contribution in [-0.4, -0.2) is 18.3 Å². The molecule has 0 bridgehead atoms. The molecule has 3 aromatic rings. The summed E-state index contributed by atoms with van der Waals surface area (Å²) in [6, 6.07) is 9.83. The number of aromatic nitrogens is 1. The first kappa shape index (κ1) is 24.7. The van der Waals surface area contributed by atoms with Crippen LogP contribution in [0.3, 0.4) is 0 Å². The van der Waals surface area contributed by atoms with Crippen LogP contribution >= 0.6 is 19.4 Å². The standard InChI is InChI=1S/C17H14NO7PS.2Na/c1-22-14-6-11(7-15-16(14)24-9-23-15)17-13(8-18-27-17)10-2-4-12(5-3-10)25-26(19,20)21;;/h2-8H,9H2,1H3,(H2,19,20,21);;/q;2*+1/p-2. The number of hydrogen-bond acceptors (Lipinski definition) is 9. The molecule has 0 unspecified atom stereocenters. The molecule has 0 N–H and O–H groups in total. The van der Waals surface area contributed by atoms with Gasteiger partial charge in [0.25, 0.3) is 0 Å². The molecule has 0 saturated carbocycles. The number of phosphoric acid groups is 1. The van der Waals surface area contributed by atoms with Crippen molar-refractivity contribution in [1.29, 1.82) is 0 Å². The molecular formula is C17H12NNa2O7PS. The Morgan fingerprint density at radius 2 is 1.83 bits per heavy atom. The van der Waals surface area contributed by atoms with Gasteiger partial charge in [-0.1, -0.05) is 12.1 Å².